The Balaban J connectivity index is 2.27. The summed E-state index contributed by atoms with van der Waals surface area (Å²) in [5.74, 6) is 0.746. The van der Waals surface area contributed by atoms with Crippen molar-refractivity contribution in [3.05, 3.63) is 24.2 Å². The van der Waals surface area contributed by atoms with Gasteiger partial charge in [-0.25, -0.2) is 0 Å². The third kappa shape index (κ3) is 4.06. The highest BCUT2D eigenvalue weighted by atomic mass is 16.5. The van der Waals surface area contributed by atoms with Crippen LogP contribution in [0.5, 0.6) is 0 Å². The van der Waals surface area contributed by atoms with Crippen molar-refractivity contribution >= 4 is 5.97 Å². The Morgan fingerprint density at radius 1 is 1.56 bits per heavy atom. The summed E-state index contributed by atoms with van der Waals surface area (Å²) in [6.07, 6.45) is 2.98. The van der Waals surface area contributed by atoms with E-state index in [0.717, 1.165) is 12.2 Å². The second-order valence-corrected chi connectivity index (χ2v) is 3.49. The summed E-state index contributed by atoms with van der Waals surface area (Å²) in [5, 5.41) is 3.27. The molecular weight excluding hydrogens is 206 g/mol. The lowest BCUT2D eigenvalue weighted by molar-refractivity contribution is -0.143. The molecule has 0 bridgehead atoms. The quantitative estimate of drug-likeness (QED) is 0.723. The van der Waals surface area contributed by atoms with Gasteiger partial charge in [0.1, 0.15) is 5.76 Å². The van der Waals surface area contributed by atoms with Crippen molar-refractivity contribution in [2.24, 2.45) is 0 Å². The number of esters is 1. The zero-order valence-corrected chi connectivity index (χ0v) is 9.86. The van der Waals surface area contributed by atoms with Gasteiger partial charge in [-0.05, 0) is 25.5 Å². The van der Waals surface area contributed by atoms with Crippen LogP contribution in [0.3, 0.4) is 0 Å². The first-order valence-electron chi connectivity index (χ1n) is 5.70. The molecule has 16 heavy (non-hydrogen) atoms. The maximum absolute atomic E-state index is 11.1. The molecule has 0 fully saturated rings. The van der Waals surface area contributed by atoms with E-state index < -0.39 is 0 Å². The summed E-state index contributed by atoms with van der Waals surface area (Å²) in [7, 11) is 0. The number of nitrogens with one attached hydrogen (secondary N) is 1. The summed E-state index contributed by atoms with van der Waals surface area (Å²) in [4.78, 5) is 11.1. The SMILES string of the molecule is CCOC(=O)CCNC(CC)c1ccco1. The Labute approximate surface area is 96.0 Å². The molecule has 1 heterocycles. The van der Waals surface area contributed by atoms with E-state index in [1.807, 2.05) is 19.1 Å². The van der Waals surface area contributed by atoms with Gasteiger partial charge in [0.15, 0.2) is 0 Å². The van der Waals surface area contributed by atoms with E-state index in [4.69, 9.17) is 9.15 Å². The first-order chi connectivity index (χ1) is 7.77. The van der Waals surface area contributed by atoms with Gasteiger partial charge in [0.2, 0.25) is 0 Å². The highest BCUT2D eigenvalue weighted by Gasteiger charge is 2.11. The van der Waals surface area contributed by atoms with Gasteiger partial charge in [0.25, 0.3) is 0 Å². The first-order valence-corrected chi connectivity index (χ1v) is 5.70. The zero-order chi connectivity index (χ0) is 11.8. The van der Waals surface area contributed by atoms with Crippen LogP contribution in [0.15, 0.2) is 22.8 Å². The first kappa shape index (κ1) is 12.8. The van der Waals surface area contributed by atoms with Crippen LogP contribution < -0.4 is 5.32 Å². The lowest BCUT2D eigenvalue weighted by Crippen LogP contribution is -2.24. The van der Waals surface area contributed by atoms with E-state index in [0.29, 0.717) is 19.6 Å². The molecule has 1 rings (SSSR count). The molecule has 0 aliphatic heterocycles. The molecular formula is C12H19NO3. The molecule has 90 valence electrons. The van der Waals surface area contributed by atoms with Gasteiger partial charge < -0.3 is 14.5 Å². The maximum atomic E-state index is 11.1. The van der Waals surface area contributed by atoms with Crippen LogP contribution in [-0.4, -0.2) is 19.1 Å². The Bertz CT molecular complexity index is 295. The zero-order valence-electron chi connectivity index (χ0n) is 9.86. The summed E-state index contributed by atoms with van der Waals surface area (Å²) in [6.45, 7) is 4.93. The van der Waals surface area contributed by atoms with Gasteiger partial charge in [-0.3, -0.25) is 4.79 Å². The average molecular weight is 225 g/mol. The van der Waals surface area contributed by atoms with Crippen molar-refractivity contribution in [1.29, 1.82) is 0 Å². The van der Waals surface area contributed by atoms with Gasteiger partial charge >= 0.3 is 5.97 Å². The smallest absolute Gasteiger partial charge is 0.307 e. The van der Waals surface area contributed by atoms with Crippen molar-refractivity contribution in [3.63, 3.8) is 0 Å². The van der Waals surface area contributed by atoms with Crippen LogP contribution in [0.25, 0.3) is 0 Å². The molecule has 0 aliphatic rings. The Morgan fingerprint density at radius 3 is 2.94 bits per heavy atom. The molecule has 4 nitrogen and oxygen atoms in total. The lowest BCUT2D eigenvalue weighted by atomic mass is 10.1. The molecule has 0 spiro atoms. The number of hydrogen-bond donors (Lipinski definition) is 1. The second kappa shape index (κ2) is 7.06. The number of carbonyl (C=O) groups is 1. The average Bonchev–Trinajstić information content (AvgIpc) is 2.78. The fraction of sp³-hybridized carbons (Fsp3) is 0.583. The molecule has 0 amide bonds. The number of carbonyl (C=O) groups excluding carboxylic acids is 1. The minimum absolute atomic E-state index is 0.163. The van der Waals surface area contributed by atoms with Crippen molar-refractivity contribution in [1.82, 2.24) is 5.32 Å². The van der Waals surface area contributed by atoms with Crippen LogP contribution in [0.2, 0.25) is 0 Å². The number of furan rings is 1. The summed E-state index contributed by atoms with van der Waals surface area (Å²) < 4.78 is 10.2. The van der Waals surface area contributed by atoms with Gasteiger partial charge in [-0.15, -0.1) is 0 Å². The van der Waals surface area contributed by atoms with Gasteiger partial charge in [-0.2, -0.15) is 0 Å². The van der Waals surface area contributed by atoms with Crippen molar-refractivity contribution in [3.8, 4) is 0 Å². The van der Waals surface area contributed by atoms with Crippen LogP contribution in [0, 0.1) is 0 Å². The third-order valence-electron chi connectivity index (χ3n) is 2.32. The standard InChI is InChI=1S/C12H19NO3/c1-3-10(11-6-5-9-16-11)13-8-7-12(14)15-4-2/h5-6,9-10,13H,3-4,7-8H2,1-2H3. The number of hydrogen-bond acceptors (Lipinski definition) is 4. The molecule has 0 saturated heterocycles. The van der Waals surface area contributed by atoms with Crippen LogP contribution >= 0.6 is 0 Å². The monoisotopic (exact) mass is 225 g/mol. The molecule has 0 saturated carbocycles. The van der Waals surface area contributed by atoms with Gasteiger partial charge in [-0.1, -0.05) is 6.92 Å². The molecule has 4 heteroatoms. The topological polar surface area (TPSA) is 51.5 Å². The van der Waals surface area contributed by atoms with Crippen molar-refractivity contribution < 1.29 is 13.9 Å². The van der Waals surface area contributed by atoms with E-state index in [1.165, 1.54) is 0 Å². The van der Waals surface area contributed by atoms with Crippen molar-refractivity contribution in [2.75, 3.05) is 13.2 Å². The molecule has 0 aliphatic carbocycles. The largest absolute Gasteiger partial charge is 0.468 e. The summed E-state index contributed by atoms with van der Waals surface area (Å²) >= 11 is 0. The second-order valence-electron chi connectivity index (χ2n) is 3.49. The predicted molar refractivity (Wildman–Crippen MR) is 61.0 cm³/mol. The fourth-order valence-electron chi connectivity index (χ4n) is 1.52. The predicted octanol–water partition coefficient (Wildman–Crippen LogP) is 2.27. The van der Waals surface area contributed by atoms with Crippen LogP contribution in [0.1, 0.15) is 38.5 Å². The fourth-order valence-corrected chi connectivity index (χ4v) is 1.52. The minimum Gasteiger partial charge on any atom is -0.468 e. The normalized spacial score (nSPS) is 12.4. The summed E-state index contributed by atoms with van der Waals surface area (Å²) in [5.41, 5.74) is 0. The number of rotatable bonds is 7. The highest BCUT2D eigenvalue weighted by Crippen LogP contribution is 2.16. The Hall–Kier alpha value is -1.29. The molecule has 1 aromatic heterocycles. The molecule has 1 atom stereocenters. The molecule has 1 unspecified atom stereocenters. The van der Waals surface area contributed by atoms with Crippen molar-refractivity contribution in [2.45, 2.75) is 32.7 Å². The lowest BCUT2D eigenvalue weighted by Gasteiger charge is -2.13. The molecule has 1 N–H and O–H groups in total. The Kier molecular flexibility index (Phi) is 5.64. The van der Waals surface area contributed by atoms with Gasteiger partial charge in [0, 0.05) is 6.54 Å². The Morgan fingerprint density at radius 2 is 2.38 bits per heavy atom. The van der Waals surface area contributed by atoms with Crippen LogP contribution in [-0.2, 0) is 9.53 Å². The summed E-state index contributed by atoms with van der Waals surface area (Å²) in [6, 6.07) is 3.97. The van der Waals surface area contributed by atoms with E-state index in [-0.39, 0.29) is 12.0 Å². The molecule has 1 aromatic rings. The van der Waals surface area contributed by atoms with Gasteiger partial charge in [0.05, 0.1) is 25.3 Å². The van der Waals surface area contributed by atoms with E-state index >= 15 is 0 Å². The van der Waals surface area contributed by atoms with E-state index in [2.05, 4.69) is 12.2 Å². The minimum atomic E-state index is -0.163. The van der Waals surface area contributed by atoms with E-state index in [1.54, 1.807) is 6.26 Å². The third-order valence-corrected chi connectivity index (χ3v) is 2.32. The maximum Gasteiger partial charge on any atom is 0.307 e. The molecule has 0 radical (unpaired) electrons. The van der Waals surface area contributed by atoms with E-state index in [9.17, 15) is 4.79 Å². The highest BCUT2D eigenvalue weighted by molar-refractivity contribution is 5.69. The number of ether oxygens (including phenoxy) is 1. The van der Waals surface area contributed by atoms with Crippen LogP contribution in [0.4, 0.5) is 0 Å². The molecule has 0 aromatic carbocycles.